The molecule has 0 spiro atoms. The summed E-state index contributed by atoms with van der Waals surface area (Å²) in [5.41, 5.74) is 8.24. The molecular formula is C5H12N4. The van der Waals surface area contributed by atoms with Crippen molar-refractivity contribution in [3.63, 3.8) is 0 Å². The topological polar surface area (TPSA) is 65.1 Å². The zero-order valence-corrected chi connectivity index (χ0v) is 5.52. The van der Waals surface area contributed by atoms with Gasteiger partial charge in [-0.3, -0.25) is 10.4 Å². The third-order valence-corrected chi connectivity index (χ3v) is 1.45. The smallest absolute Gasteiger partial charge is 0.203 e. The van der Waals surface area contributed by atoms with Gasteiger partial charge in [0.05, 0.1) is 0 Å². The summed E-state index contributed by atoms with van der Waals surface area (Å²) in [7, 11) is 0. The lowest BCUT2D eigenvalue weighted by atomic mass is 10.3. The van der Waals surface area contributed by atoms with Crippen LogP contribution in [0.4, 0.5) is 0 Å². The third-order valence-electron chi connectivity index (χ3n) is 1.45. The maximum Gasteiger partial charge on any atom is 0.203 e. The van der Waals surface area contributed by atoms with E-state index in [9.17, 15) is 0 Å². The van der Waals surface area contributed by atoms with Gasteiger partial charge in [-0.05, 0) is 13.3 Å². The fourth-order valence-corrected chi connectivity index (χ4v) is 0.908. The highest BCUT2D eigenvalue weighted by Crippen LogP contribution is 2.02. The van der Waals surface area contributed by atoms with E-state index in [2.05, 4.69) is 12.3 Å². The predicted molar refractivity (Wildman–Crippen MR) is 35.8 cm³/mol. The molecule has 1 rings (SSSR count). The van der Waals surface area contributed by atoms with Crippen molar-refractivity contribution in [2.75, 3.05) is 6.54 Å². The van der Waals surface area contributed by atoms with Gasteiger partial charge < -0.3 is 5.73 Å². The highest BCUT2D eigenvalue weighted by atomic mass is 15.6. The van der Waals surface area contributed by atoms with Crippen LogP contribution >= 0.6 is 0 Å². The van der Waals surface area contributed by atoms with E-state index in [1.54, 1.807) is 5.01 Å². The molecule has 1 unspecified atom stereocenters. The van der Waals surface area contributed by atoms with Gasteiger partial charge >= 0.3 is 0 Å². The lowest BCUT2D eigenvalue weighted by Gasteiger charge is -2.15. The molecule has 0 saturated carbocycles. The minimum Gasteiger partial charge on any atom is -0.369 e. The van der Waals surface area contributed by atoms with Gasteiger partial charge in [-0.25, -0.2) is 5.43 Å². The van der Waals surface area contributed by atoms with Gasteiger partial charge in [-0.2, -0.15) is 0 Å². The van der Waals surface area contributed by atoms with Crippen LogP contribution in [-0.2, 0) is 0 Å². The third kappa shape index (κ3) is 1.32. The zero-order valence-electron chi connectivity index (χ0n) is 5.52. The average molecular weight is 128 g/mol. The SMILES string of the molecule is CC1CCN(C(=N)N)N1. The van der Waals surface area contributed by atoms with E-state index < -0.39 is 0 Å². The summed E-state index contributed by atoms with van der Waals surface area (Å²) in [6, 6.07) is 0.467. The number of hydrazine groups is 1. The first-order chi connectivity index (χ1) is 4.20. The molecule has 0 aromatic rings. The van der Waals surface area contributed by atoms with E-state index in [1.807, 2.05) is 0 Å². The first-order valence-electron chi connectivity index (χ1n) is 3.08. The Morgan fingerprint density at radius 3 is 2.78 bits per heavy atom. The Morgan fingerprint density at radius 1 is 1.89 bits per heavy atom. The monoisotopic (exact) mass is 128 g/mol. The number of guanidine groups is 1. The molecule has 0 aromatic heterocycles. The summed E-state index contributed by atoms with van der Waals surface area (Å²) >= 11 is 0. The molecule has 1 heterocycles. The molecule has 1 aliphatic heterocycles. The summed E-state index contributed by atoms with van der Waals surface area (Å²) in [4.78, 5) is 0. The fraction of sp³-hybridized carbons (Fsp3) is 0.800. The van der Waals surface area contributed by atoms with Crippen molar-refractivity contribution >= 4 is 5.96 Å². The quantitative estimate of drug-likeness (QED) is 0.304. The van der Waals surface area contributed by atoms with Crippen molar-refractivity contribution in [2.24, 2.45) is 5.73 Å². The molecule has 0 bridgehead atoms. The average Bonchev–Trinajstić information content (AvgIpc) is 2.14. The van der Waals surface area contributed by atoms with Crippen molar-refractivity contribution in [1.82, 2.24) is 10.4 Å². The maximum absolute atomic E-state index is 7.02. The molecule has 1 atom stereocenters. The number of nitrogens with two attached hydrogens (primary N) is 1. The highest BCUT2D eigenvalue weighted by molar-refractivity contribution is 5.74. The second-order valence-electron chi connectivity index (χ2n) is 2.36. The van der Waals surface area contributed by atoms with E-state index in [-0.39, 0.29) is 5.96 Å². The van der Waals surface area contributed by atoms with Crippen molar-refractivity contribution in [1.29, 1.82) is 5.41 Å². The van der Waals surface area contributed by atoms with Gasteiger partial charge in [0, 0.05) is 12.6 Å². The summed E-state index contributed by atoms with van der Waals surface area (Å²) in [5, 5.41) is 8.68. The van der Waals surface area contributed by atoms with Crippen LogP contribution in [0.25, 0.3) is 0 Å². The summed E-state index contributed by atoms with van der Waals surface area (Å²) < 4.78 is 0. The van der Waals surface area contributed by atoms with Gasteiger partial charge in [-0.1, -0.05) is 0 Å². The minimum absolute atomic E-state index is 0.111. The van der Waals surface area contributed by atoms with Gasteiger partial charge in [0.2, 0.25) is 5.96 Å². The van der Waals surface area contributed by atoms with Crippen LogP contribution in [0.3, 0.4) is 0 Å². The van der Waals surface area contributed by atoms with Crippen molar-refractivity contribution in [3.8, 4) is 0 Å². The molecule has 0 aromatic carbocycles. The van der Waals surface area contributed by atoms with Gasteiger partial charge in [0.1, 0.15) is 0 Å². The Bertz CT molecular complexity index is 122. The number of hydrogen-bond acceptors (Lipinski definition) is 2. The Kier molecular flexibility index (Phi) is 1.57. The first-order valence-corrected chi connectivity index (χ1v) is 3.08. The predicted octanol–water partition coefficient (Wildman–Crippen LogP) is -0.521. The second-order valence-corrected chi connectivity index (χ2v) is 2.36. The molecule has 52 valence electrons. The van der Waals surface area contributed by atoms with Crippen molar-refractivity contribution in [2.45, 2.75) is 19.4 Å². The van der Waals surface area contributed by atoms with Crippen LogP contribution in [0, 0.1) is 5.41 Å². The van der Waals surface area contributed by atoms with Crippen LogP contribution in [0.5, 0.6) is 0 Å². The fourth-order valence-electron chi connectivity index (χ4n) is 0.908. The summed E-state index contributed by atoms with van der Waals surface area (Å²) in [6.07, 6.45) is 1.07. The maximum atomic E-state index is 7.02. The molecular weight excluding hydrogens is 116 g/mol. The van der Waals surface area contributed by atoms with E-state index >= 15 is 0 Å². The lowest BCUT2D eigenvalue weighted by molar-refractivity contribution is 0.370. The minimum atomic E-state index is 0.111. The number of rotatable bonds is 0. The molecule has 1 aliphatic rings. The largest absolute Gasteiger partial charge is 0.369 e. The number of nitrogens with one attached hydrogen (secondary N) is 2. The van der Waals surface area contributed by atoms with E-state index in [1.165, 1.54) is 0 Å². The number of nitrogens with zero attached hydrogens (tertiary/aromatic N) is 1. The zero-order chi connectivity index (χ0) is 6.85. The van der Waals surface area contributed by atoms with Crippen LogP contribution < -0.4 is 11.2 Å². The van der Waals surface area contributed by atoms with E-state index in [4.69, 9.17) is 11.1 Å². The molecule has 0 radical (unpaired) electrons. The molecule has 1 saturated heterocycles. The van der Waals surface area contributed by atoms with Crippen molar-refractivity contribution in [3.05, 3.63) is 0 Å². The Morgan fingerprint density at radius 2 is 2.56 bits per heavy atom. The molecule has 1 fully saturated rings. The van der Waals surface area contributed by atoms with E-state index in [0.29, 0.717) is 6.04 Å². The van der Waals surface area contributed by atoms with E-state index in [0.717, 1.165) is 13.0 Å². The Balaban J connectivity index is 2.39. The number of hydrogen-bond donors (Lipinski definition) is 3. The van der Waals surface area contributed by atoms with Crippen LogP contribution in [0.15, 0.2) is 0 Å². The summed E-state index contributed by atoms with van der Waals surface area (Å²) in [6.45, 7) is 2.93. The first kappa shape index (κ1) is 6.35. The Labute approximate surface area is 54.5 Å². The molecule has 0 amide bonds. The molecule has 4 nitrogen and oxygen atoms in total. The standard InChI is InChI=1S/C5H12N4/c1-4-2-3-9(8-4)5(6)7/h4,8H,2-3H2,1H3,(H3,6,7). The van der Waals surface area contributed by atoms with Crippen LogP contribution in [0.2, 0.25) is 0 Å². The summed E-state index contributed by atoms with van der Waals surface area (Å²) in [5.74, 6) is 0.111. The van der Waals surface area contributed by atoms with Gasteiger partial charge in [0.15, 0.2) is 0 Å². The second kappa shape index (κ2) is 2.23. The molecule has 4 N–H and O–H groups in total. The van der Waals surface area contributed by atoms with Crippen molar-refractivity contribution < 1.29 is 0 Å². The highest BCUT2D eigenvalue weighted by Gasteiger charge is 2.17. The molecule has 0 aliphatic carbocycles. The molecule has 4 heteroatoms. The normalized spacial score (nSPS) is 26.8. The Hall–Kier alpha value is -0.770. The van der Waals surface area contributed by atoms with Crippen LogP contribution in [-0.4, -0.2) is 23.6 Å². The van der Waals surface area contributed by atoms with Gasteiger partial charge in [0.25, 0.3) is 0 Å². The van der Waals surface area contributed by atoms with Gasteiger partial charge in [-0.15, -0.1) is 0 Å². The lowest BCUT2D eigenvalue weighted by Crippen LogP contribution is -2.43. The molecule has 9 heavy (non-hydrogen) atoms. The van der Waals surface area contributed by atoms with Crippen LogP contribution in [0.1, 0.15) is 13.3 Å².